The van der Waals surface area contributed by atoms with E-state index in [2.05, 4.69) is 50.4 Å². The van der Waals surface area contributed by atoms with Crippen molar-refractivity contribution in [3.8, 4) is 0 Å². The molecule has 1 fully saturated rings. The van der Waals surface area contributed by atoms with E-state index in [0.717, 1.165) is 12.5 Å². The van der Waals surface area contributed by atoms with Gasteiger partial charge in [0.05, 0.1) is 0 Å². The molecule has 1 saturated carbocycles. The molecule has 1 aliphatic carbocycles. The van der Waals surface area contributed by atoms with Gasteiger partial charge < -0.3 is 5.32 Å². The zero-order valence-corrected chi connectivity index (χ0v) is 11.4. The summed E-state index contributed by atoms with van der Waals surface area (Å²) in [6.45, 7) is 7.93. The summed E-state index contributed by atoms with van der Waals surface area (Å²) in [4.78, 5) is 0. The van der Waals surface area contributed by atoms with Gasteiger partial charge in [-0.2, -0.15) is 0 Å². The van der Waals surface area contributed by atoms with Crippen molar-refractivity contribution in [2.75, 3.05) is 6.54 Å². The molecule has 1 aromatic carbocycles. The molecule has 2 rings (SSSR count). The molecular formula is C16H25N. The lowest BCUT2D eigenvalue weighted by Crippen LogP contribution is -2.49. The van der Waals surface area contributed by atoms with Gasteiger partial charge in [-0.1, -0.05) is 51.0 Å². The molecule has 1 aromatic rings. The third kappa shape index (κ3) is 2.26. The molecule has 0 saturated heterocycles. The first-order valence-corrected chi connectivity index (χ1v) is 7.02. The smallest absolute Gasteiger partial charge is 0.0463 e. The van der Waals surface area contributed by atoms with Crippen LogP contribution in [0.15, 0.2) is 24.3 Å². The second kappa shape index (κ2) is 5.22. The molecular weight excluding hydrogens is 206 g/mol. The quantitative estimate of drug-likeness (QED) is 0.829. The Hall–Kier alpha value is -0.820. The largest absolute Gasteiger partial charge is 0.307 e. The lowest BCUT2D eigenvalue weighted by Gasteiger charge is -2.45. The van der Waals surface area contributed by atoms with Crippen LogP contribution in [0.5, 0.6) is 0 Å². The SMILES string of the molecule is CCN[C@]1(c2ccccc2C)CCCCC1C. The minimum atomic E-state index is 0.221. The number of nitrogens with one attached hydrogen (secondary N) is 1. The molecule has 1 nitrogen and oxygen atoms in total. The number of rotatable bonds is 3. The van der Waals surface area contributed by atoms with E-state index in [4.69, 9.17) is 0 Å². The first-order chi connectivity index (χ1) is 8.20. The molecule has 94 valence electrons. The van der Waals surface area contributed by atoms with Crippen LogP contribution >= 0.6 is 0 Å². The van der Waals surface area contributed by atoms with E-state index in [0.29, 0.717) is 0 Å². The maximum atomic E-state index is 3.80. The van der Waals surface area contributed by atoms with Crippen LogP contribution in [0.3, 0.4) is 0 Å². The van der Waals surface area contributed by atoms with Crippen molar-refractivity contribution in [2.24, 2.45) is 5.92 Å². The van der Waals surface area contributed by atoms with Crippen LogP contribution in [0.2, 0.25) is 0 Å². The molecule has 0 spiro atoms. The molecule has 2 atom stereocenters. The molecule has 1 unspecified atom stereocenters. The van der Waals surface area contributed by atoms with Gasteiger partial charge in [-0.05, 0) is 43.4 Å². The standard InChI is InChI=1S/C16H25N/c1-4-17-16(12-8-7-10-14(16)3)15-11-6-5-9-13(15)2/h5-6,9,11,14,17H,4,7-8,10,12H2,1-3H3/t14?,16-/m1/s1. The van der Waals surface area contributed by atoms with Gasteiger partial charge >= 0.3 is 0 Å². The van der Waals surface area contributed by atoms with E-state index in [1.54, 1.807) is 0 Å². The van der Waals surface area contributed by atoms with Crippen LogP contribution < -0.4 is 5.32 Å². The maximum Gasteiger partial charge on any atom is 0.0463 e. The van der Waals surface area contributed by atoms with Crippen LogP contribution in [0.4, 0.5) is 0 Å². The fourth-order valence-corrected chi connectivity index (χ4v) is 3.49. The summed E-state index contributed by atoms with van der Waals surface area (Å²) < 4.78 is 0. The monoisotopic (exact) mass is 231 g/mol. The van der Waals surface area contributed by atoms with E-state index in [1.807, 2.05) is 0 Å². The number of aryl methyl sites for hydroxylation is 1. The molecule has 0 radical (unpaired) electrons. The van der Waals surface area contributed by atoms with Crippen molar-refractivity contribution in [1.29, 1.82) is 0 Å². The molecule has 0 heterocycles. The third-order valence-electron chi connectivity index (χ3n) is 4.42. The summed E-state index contributed by atoms with van der Waals surface area (Å²) in [6, 6.07) is 8.89. The third-order valence-corrected chi connectivity index (χ3v) is 4.42. The Morgan fingerprint density at radius 1 is 1.29 bits per heavy atom. The van der Waals surface area contributed by atoms with Crippen molar-refractivity contribution in [1.82, 2.24) is 5.32 Å². The summed E-state index contributed by atoms with van der Waals surface area (Å²) >= 11 is 0. The summed E-state index contributed by atoms with van der Waals surface area (Å²) in [7, 11) is 0. The molecule has 0 bridgehead atoms. The van der Waals surface area contributed by atoms with Gasteiger partial charge in [0.2, 0.25) is 0 Å². The Kier molecular flexibility index (Phi) is 3.88. The van der Waals surface area contributed by atoms with Crippen LogP contribution in [0.1, 0.15) is 50.7 Å². The van der Waals surface area contributed by atoms with E-state index in [-0.39, 0.29) is 5.54 Å². The lowest BCUT2D eigenvalue weighted by atomic mass is 9.68. The van der Waals surface area contributed by atoms with Gasteiger partial charge in [-0.15, -0.1) is 0 Å². The fraction of sp³-hybridized carbons (Fsp3) is 0.625. The zero-order chi connectivity index (χ0) is 12.3. The van der Waals surface area contributed by atoms with Gasteiger partial charge in [-0.25, -0.2) is 0 Å². The normalized spacial score (nSPS) is 29.2. The summed E-state index contributed by atoms with van der Waals surface area (Å²) in [5.74, 6) is 0.734. The predicted molar refractivity (Wildman–Crippen MR) is 74.2 cm³/mol. The van der Waals surface area contributed by atoms with Crippen LogP contribution in [0, 0.1) is 12.8 Å². The minimum absolute atomic E-state index is 0.221. The highest BCUT2D eigenvalue weighted by atomic mass is 15.0. The number of hydrogen-bond donors (Lipinski definition) is 1. The minimum Gasteiger partial charge on any atom is -0.307 e. The summed E-state index contributed by atoms with van der Waals surface area (Å²) in [6.07, 6.45) is 5.38. The van der Waals surface area contributed by atoms with Crippen LogP contribution in [0.25, 0.3) is 0 Å². The maximum absolute atomic E-state index is 3.80. The highest BCUT2D eigenvalue weighted by Gasteiger charge is 2.39. The van der Waals surface area contributed by atoms with Crippen molar-refractivity contribution in [2.45, 2.75) is 52.0 Å². The Morgan fingerprint density at radius 3 is 2.71 bits per heavy atom. The van der Waals surface area contributed by atoms with Gasteiger partial charge in [0.15, 0.2) is 0 Å². The average Bonchev–Trinajstić information content (AvgIpc) is 2.33. The van der Waals surface area contributed by atoms with E-state index in [9.17, 15) is 0 Å². The van der Waals surface area contributed by atoms with Gasteiger partial charge in [-0.3, -0.25) is 0 Å². The fourth-order valence-electron chi connectivity index (χ4n) is 3.49. The molecule has 17 heavy (non-hydrogen) atoms. The molecule has 1 aliphatic rings. The second-order valence-corrected chi connectivity index (χ2v) is 5.46. The Morgan fingerprint density at radius 2 is 2.06 bits per heavy atom. The van der Waals surface area contributed by atoms with Crippen molar-refractivity contribution >= 4 is 0 Å². The van der Waals surface area contributed by atoms with Gasteiger partial charge in [0.25, 0.3) is 0 Å². The lowest BCUT2D eigenvalue weighted by molar-refractivity contribution is 0.156. The van der Waals surface area contributed by atoms with Crippen molar-refractivity contribution in [3.05, 3.63) is 35.4 Å². The van der Waals surface area contributed by atoms with Gasteiger partial charge in [0.1, 0.15) is 0 Å². The van der Waals surface area contributed by atoms with E-state index >= 15 is 0 Å². The highest BCUT2D eigenvalue weighted by molar-refractivity contribution is 5.34. The Bertz CT molecular complexity index is 368. The van der Waals surface area contributed by atoms with Crippen LogP contribution in [-0.4, -0.2) is 6.54 Å². The van der Waals surface area contributed by atoms with Crippen molar-refractivity contribution < 1.29 is 0 Å². The molecule has 0 aliphatic heterocycles. The average molecular weight is 231 g/mol. The first-order valence-electron chi connectivity index (χ1n) is 7.02. The topological polar surface area (TPSA) is 12.0 Å². The second-order valence-electron chi connectivity index (χ2n) is 5.46. The summed E-state index contributed by atoms with van der Waals surface area (Å²) in [5, 5.41) is 3.80. The van der Waals surface area contributed by atoms with Gasteiger partial charge in [0, 0.05) is 5.54 Å². The Labute approximate surface area is 106 Å². The predicted octanol–water partition coefficient (Wildman–Crippen LogP) is 4.01. The molecule has 1 N–H and O–H groups in total. The zero-order valence-electron chi connectivity index (χ0n) is 11.4. The Balaban J connectivity index is 2.43. The highest BCUT2D eigenvalue weighted by Crippen LogP contribution is 2.42. The first kappa shape index (κ1) is 12.6. The number of benzene rings is 1. The molecule has 0 amide bonds. The van der Waals surface area contributed by atoms with E-state index < -0.39 is 0 Å². The molecule has 1 heteroatoms. The van der Waals surface area contributed by atoms with E-state index in [1.165, 1.54) is 36.8 Å². The number of hydrogen-bond acceptors (Lipinski definition) is 1. The van der Waals surface area contributed by atoms with Crippen molar-refractivity contribution in [3.63, 3.8) is 0 Å². The summed E-state index contributed by atoms with van der Waals surface area (Å²) in [5.41, 5.74) is 3.18. The van der Waals surface area contributed by atoms with Crippen LogP contribution in [-0.2, 0) is 5.54 Å². The molecule has 0 aromatic heterocycles.